The van der Waals surface area contributed by atoms with E-state index in [1.54, 1.807) is 0 Å². The minimum atomic E-state index is -0.211. The fraction of sp³-hybridized carbons (Fsp3) is 0.412. The second-order valence-electron chi connectivity index (χ2n) is 6.28. The van der Waals surface area contributed by atoms with Crippen LogP contribution in [0.25, 0.3) is 10.9 Å². The molecule has 0 radical (unpaired) electrons. The van der Waals surface area contributed by atoms with Crippen LogP contribution in [0.1, 0.15) is 28.8 Å². The Morgan fingerprint density at radius 3 is 2.73 bits per heavy atom. The third-order valence-corrected chi connectivity index (χ3v) is 4.64. The van der Waals surface area contributed by atoms with Gasteiger partial charge in [0.15, 0.2) is 0 Å². The lowest BCUT2D eigenvalue weighted by molar-refractivity contribution is -0.897. The van der Waals surface area contributed by atoms with Gasteiger partial charge in [0, 0.05) is 41.4 Å². The highest BCUT2D eigenvalue weighted by Gasteiger charge is 2.27. The normalized spacial score (nSPS) is 21.9. The average molecular weight is 300 g/mol. The monoisotopic (exact) mass is 300 g/mol. The number of quaternary nitrogens is 1. The van der Waals surface area contributed by atoms with Gasteiger partial charge in [-0.25, -0.2) is 0 Å². The molecule has 5 heteroatoms. The van der Waals surface area contributed by atoms with E-state index in [4.69, 9.17) is 5.73 Å². The molecule has 4 N–H and O–H groups in total. The number of Topliss-reactive ketones (excluding diaryl/α,β-unsaturated/α-hetero) is 1. The maximum absolute atomic E-state index is 12.6. The predicted molar refractivity (Wildman–Crippen MR) is 84.8 cm³/mol. The van der Waals surface area contributed by atoms with E-state index >= 15 is 0 Å². The Morgan fingerprint density at radius 2 is 2.05 bits per heavy atom. The van der Waals surface area contributed by atoms with Gasteiger partial charge in [-0.3, -0.25) is 9.59 Å². The first-order valence-corrected chi connectivity index (χ1v) is 7.78. The molecule has 1 aromatic heterocycles. The van der Waals surface area contributed by atoms with Crippen molar-refractivity contribution in [3.05, 3.63) is 35.5 Å². The van der Waals surface area contributed by atoms with Crippen LogP contribution in [0.4, 0.5) is 0 Å². The first kappa shape index (κ1) is 14.8. The van der Waals surface area contributed by atoms with E-state index in [2.05, 4.69) is 4.98 Å². The molecule has 0 aliphatic carbocycles. The van der Waals surface area contributed by atoms with Gasteiger partial charge in [-0.05, 0) is 19.1 Å². The summed E-state index contributed by atoms with van der Waals surface area (Å²) in [6.07, 6.45) is 3.37. The van der Waals surface area contributed by atoms with Crippen molar-refractivity contribution >= 4 is 22.6 Å². The third-order valence-electron chi connectivity index (χ3n) is 4.64. The largest absolute Gasteiger partial charge is 0.369 e. The molecule has 116 valence electrons. The lowest BCUT2D eigenvalue weighted by Gasteiger charge is -2.27. The highest BCUT2D eigenvalue weighted by Crippen LogP contribution is 2.19. The smallest absolute Gasteiger partial charge is 0.220 e. The van der Waals surface area contributed by atoms with Crippen molar-refractivity contribution in [2.75, 3.05) is 19.6 Å². The summed E-state index contributed by atoms with van der Waals surface area (Å²) in [5.74, 6) is -0.0727. The van der Waals surface area contributed by atoms with Crippen LogP contribution in [-0.4, -0.2) is 36.3 Å². The summed E-state index contributed by atoms with van der Waals surface area (Å²) in [5.41, 5.74) is 8.26. The van der Waals surface area contributed by atoms with Crippen LogP contribution >= 0.6 is 0 Å². The standard InChI is InChI=1S/C17H21N3O2/c1-11-2-3-15-13(8-11)14(9-19-15)16(21)10-20-6-4-12(5-7-20)17(18)22/h2-3,8-9,12,19H,4-7,10H2,1H3,(H2,18,22)/p+1. The van der Waals surface area contributed by atoms with Crippen LogP contribution in [-0.2, 0) is 4.79 Å². The Labute approximate surface area is 129 Å². The lowest BCUT2D eigenvalue weighted by atomic mass is 9.96. The van der Waals surface area contributed by atoms with E-state index in [0.29, 0.717) is 6.54 Å². The number of primary amides is 1. The molecule has 1 saturated heterocycles. The number of carbonyl (C=O) groups is 2. The number of fused-ring (bicyclic) bond motifs is 1. The highest BCUT2D eigenvalue weighted by atomic mass is 16.1. The number of hydrogen-bond acceptors (Lipinski definition) is 2. The number of carbonyl (C=O) groups excluding carboxylic acids is 2. The fourth-order valence-corrected chi connectivity index (χ4v) is 3.27. The molecule has 1 aromatic carbocycles. The number of rotatable bonds is 4. The van der Waals surface area contributed by atoms with Crippen molar-refractivity contribution in [1.82, 2.24) is 4.98 Å². The molecule has 0 unspecified atom stereocenters. The number of aromatic amines is 1. The zero-order valence-electron chi connectivity index (χ0n) is 12.8. The Hall–Kier alpha value is -2.14. The van der Waals surface area contributed by atoms with Crippen molar-refractivity contribution in [3.8, 4) is 0 Å². The zero-order valence-corrected chi connectivity index (χ0v) is 12.8. The fourth-order valence-electron chi connectivity index (χ4n) is 3.27. The highest BCUT2D eigenvalue weighted by molar-refractivity contribution is 6.08. The third kappa shape index (κ3) is 2.90. The summed E-state index contributed by atoms with van der Waals surface area (Å²) in [6.45, 7) is 4.17. The van der Waals surface area contributed by atoms with Gasteiger partial charge < -0.3 is 15.6 Å². The van der Waals surface area contributed by atoms with Gasteiger partial charge >= 0.3 is 0 Å². The number of nitrogens with one attached hydrogen (secondary N) is 2. The molecule has 0 bridgehead atoms. The number of piperidine rings is 1. The minimum absolute atomic E-state index is 0.0189. The summed E-state index contributed by atoms with van der Waals surface area (Å²) in [5, 5.41) is 0.997. The molecule has 1 aliphatic heterocycles. The first-order valence-electron chi connectivity index (χ1n) is 7.78. The van der Waals surface area contributed by atoms with Gasteiger partial charge in [-0.1, -0.05) is 11.6 Å². The summed E-state index contributed by atoms with van der Waals surface area (Å²) in [6, 6.07) is 6.09. The number of hydrogen-bond donors (Lipinski definition) is 3. The van der Waals surface area contributed by atoms with Crippen LogP contribution in [0.5, 0.6) is 0 Å². The maximum Gasteiger partial charge on any atom is 0.220 e. The van der Waals surface area contributed by atoms with Crippen LogP contribution in [0.2, 0.25) is 0 Å². The molecule has 22 heavy (non-hydrogen) atoms. The van der Waals surface area contributed by atoms with Crippen LogP contribution in [0.15, 0.2) is 24.4 Å². The molecule has 0 atom stereocenters. The molecule has 2 aromatic rings. The summed E-state index contributed by atoms with van der Waals surface area (Å²) in [4.78, 5) is 28.2. The van der Waals surface area contributed by atoms with Gasteiger partial charge in [-0.15, -0.1) is 0 Å². The van der Waals surface area contributed by atoms with E-state index in [0.717, 1.165) is 48.0 Å². The predicted octanol–water partition coefficient (Wildman–Crippen LogP) is 0.439. The van der Waals surface area contributed by atoms with Gasteiger partial charge in [-0.2, -0.15) is 0 Å². The Balaban J connectivity index is 1.69. The number of benzene rings is 1. The molecule has 0 saturated carbocycles. The molecule has 1 amide bonds. The number of likely N-dealkylation sites (tertiary alicyclic amines) is 1. The van der Waals surface area contributed by atoms with E-state index in [1.165, 1.54) is 4.90 Å². The maximum atomic E-state index is 12.6. The number of amides is 1. The molecule has 1 aliphatic rings. The van der Waals surface area contributed by atoms with E-state index in [-0.39, 0.29) is 17.6 Å². The molecule has 0 spiro atoms. The van der Waals surface area contributed by atoms with Gasteiger partial charge in [0.1, 0.15) is 6.54 Å². The molecular weight excluding hydrogens is 278 g/mol. The van der Waals surface area contributed by atoms with Crippen LogP contribution in [0.3, 0.4) is 0 Å². The van der Waals surface area contributed by atoms with Crippen LogP contribution < -0.4 is 10.6 Å². The number of aromatic nitrogens is 1. The van der Waals surface area contributed by atoms with E-state index in [9.17, 15) is 9.59 Å². The number of aryl methyl sites for hydroxylation is 1. The summed E-state index contributed by atoms with van der Waals surface area (Å²) < 4.78 is 0. The Morgan fingerprint density at radius 1 is 1.32 bits per heavy atom. The Bertz CT molecular complexity index is 712. The van der Waals surface area contributed by atoms with Crippen molar-refractivity contribution in [3.63, 3.8) is 0 Å². The van der Waals surface area contributed by atoms with E-state index < -0.39 is 0 Å². The van der Waals surface area contributed by atoms with Crippen molar-refractivity contribution in [2.45, 2.75) is 19.8 Å². The lowest BCUT2D eigenvalue weighted by Crippen LogP contribution is -3.14. The number of nitrogens with two attached hydrogens (primary N) is 1. The van der Waals surface area contributed by atoms with Gasteiger partial charge in [0.25, 0.3) is 0 Å². The van der Waals surface area contributed by atoms with Gasteiger partial charge in [0.05, 0.1) is 13.1 Å². The first-order chi connectivity index (χ1) is 10.5. The van der Waals surface area contributed by atoms with Crippen molar-refractivity contribution in [1.29, 1.82) is 0 Å². The SMILES string of the molecule is Cc1ccc2[nH]cc(C(=O)C[NH+]3CCC(C(N)=O)CC3)c2c1. The summed E-state index contributed by atoms with van der Waals surface area (Å²) >= 11 is 0. The second kappa shape index (κ2) is 5.93. The van der Waals surface area contributed by atoms with Crippen molar-refractivity contribution in [2.24, 2.45) is 11.7 Å². The molecule has 1 fully saturated rings. The topological polar surface area (TPSA) is 80.4 Å². The van der Waals surface area contributed by atoms with Crippen LogP contribution in [0, 0.1) is 12.8 Å². The zero-order chi connectivity index (χ0) is 15.7. The number of H-pyrrole nitrogens is 1. The molecule has 2 heterocycles. The van der Waals surface area contributed by atoms with E-state index in [1.807, 2.05) is 31.3 Å². The quantitative estimate of drug-likeness (QED) is 0.716. The second-order valence-corrected chi connectivity index (χ2v) is 6.28. The Kier molecular flexibility index (Phi) is 3.98. The minimum Gasteiger partial charge on any atom is -0.369 e. The average Bonchev–Trinajstić information content (AvgIpc) is 2.90. The summed E-state index contributed by atoms with van der Waals surface area (Å²) in [7, 11) is 0. The molecular formula is C17H22N3O2+. The van der Waals surface area contributed by atoms with Gasteiger partial charge in [0.2, 0.25) is 11.7 Å². The molecule has 3 rings (SSSR count). The molecule has 5 nitrogen and oxygen atoms in total. The van der Waals surface area contributed by atoms with Crippen molar-refractivity contribution < 1.29 is 14.5 Å². The number of ketones is 1.